The molecule has 0 aliphatic heterocycles. The van der Waals surface area contributed by atoms with E-state index >= 15 is 0 Å². The minimum atomic E-state index is -3.70. The molecular weight excluding hydrogens is 352 g/mol. The molecule has 1 heterocycles. The second kappa shape index (κ2) is 7.25. The number of carbonyl (C=O) groups excluding carboxylic acids is 1. The lowest BCUT2D eigenvalue weighted by Gasteiger charge is -2.22. The van der Waals surface area contributed by atoms with Gasteiger partial charge in [0.15, 0.2) is 0 Å². The van der Waals surface area contributed by atoms with E-state index < -0.39 is 10.0 Å². The smallest absolute Gasteiger partial charge is 0.273 e. The first-order chi connectivity index (χ1) is 12.3. The third-order valence-electron chi connectivity index (χ3n) is 4.60. The third-order valence-corrected chi connectivity index (χ3v) is 5.89. The Balaban J connectivity index is 1.79. The van der Waals surface area contributed by atoms with Crippen LogP contribution in [0.1, 0.15) is 54.1 Å². The molecule has 1 aliphatic carbocycles. The van der Waals surface area contributed by atoms with Crippen molar-refractivity contribution in [3.05, 3.63) is 53.3 Å². The Labute approximate surface area is 154 Å². The van der Waals surface area contributed by atoms with Gasteiger partial charge in [0.2, 0.25) is 5.09 Å². The van der Waals surface area contributed by atoms with Gasteiger partial charge >= 0.3 is 0 Å². The summed E-state index contributed by atoms with van der Waals surface area (Å²) in [6, 6.07) is 9.75. The molecule has 0 radical (unpaired) electrons. The number of rotatable bonds is 7. The maximum atomic E-state index is 12.9. The van der Waals surface area contributed by atoms with Crippen LogP contribution < -0.4 is 4.72 Å². The van der Waals surface area contributed by atoms with E-state index in [0.717, 1.165) is 18.4 Å². The number of nitrogens with zero attached hydrogens (tertiary/aromatic N) is 1. The van der Waals surface area contributed by atoms with Gasteiger partial charge in [-0.3, -0.25) is 4.79 Å². The SMILES string of the molecule is CNS(=O)(=O)c1cc(C(=O)N(Cc2ccc(C(C)C)cc2)C2CC2)co1. The monoisotopic (exact) mass is 376 g/mol. The Hall–Kier alpha value is -2.12. The molecule has 7 heteroatoms. The molecule has 2 aromatic rings. The van der Waals surface area contributed by atoms with Gasteiger partial charge < -0.3 is 9.32 Å². The summed E-state index contributed by atoms with van der Waals surface area (Å²) in [4.78, 5) is 14.7. The van der Waals surface area contributed by atoms with Crippen LogP contribution in [0, 0.1) is 0 Å². The highest BCUT2D eigenvalue weighted by atomic mass is 32.2. The summed E-state index contributed by atoms with van der Waals surface area (Å²) in [5, 5.41) is -0.250. The van der Waals surface area contributed by atoms with Crippen molar-refractivity contribution < 1.29 is 17.6 Å². The summed E-state index contributed by atoms with van der Waals surface area (Å²) in [5.41, 5.74) is 2.57. The van der Waals surface area contributed by atoms with Crippen molar-refractivity contribution in [1.82, 2.24) is 9.62 Å². The molecule has 1 aromatic heterocycles. The zero-order valence-electron chi connectivity index (χ0n) is 15.2. The Morgan fingerprint density at radius 3 is 2.46 bits per heavy atom. The van der Waals surface area contributed by atoms with Crippen LogP contribution in [-0.4, -0.2) is 32.3 Å². The van der Waals surface area contributed by atoms with Crippen LogP contribution in [0.3, 0.4) is 0 Å². The van der Waals surface area contributed by atoms with Gasteiger partial charge in [-0.15, -0.1) is 0 Å². The number of furan rings is 1. The zero-order valence-corrected chi connectivity index (χ0v) is 16.0. The molecule has 0 spiro atoms. The summed E-state index contributed by atoms with van der Waals surface area (Å²) in [5.74, 6) is 0.255. The molecule has 1 aromatic carbocycles. The highest BCUT2D eigenvalue weighted by Gasteiger charge is 2.34. The molecule has 3 rings (SSSR count). The van der Waals surface area contributed by atoms with Crippen LogP contribution in [0.2, 0.25) is 0 Å². The largest absolute Gasteiger partial charge is 0.451 e. The summed E-state index contributed by atoms with van der Waals surface area (Å²) in [6.45, 7) is 4.79. The number of amides is 1. The quantitative estimate of drug-likeness (QED) is 0.805. The van der Waals surface area contributed by atoms with Crippen molar-refractivity contribution in [3.8, 4) is 0 Å². The fourth-order valence-corrected chi connectivity index (χ4v) is 3.45. The predicted octanol–water partition coefficient (Wildman–Crippen LogP) is 3.12. The molecule has 0 atom stereocenters. The van der Waals surface area contributed by atoms with E-state index in [1.807, 2.05) is 12.1 Å². The molecule has 6 nitrogen and oxygen atoms in total. The standard InChI is InChI=1S/C19H24N2O4S/c1-13(2)15-6-4-14(5-7-15)11-21(17-8-9-17)19(22)16-10-18(25-12-16)26(23,24)20-3/h4-7,10,12-13,17,20H,8-9,11H2,1-3H3. The maximum absolute atomic E-state index is 12.9. The molecule has 26 heavy (non-hydrogen) atoms. The van der Waals surface area contributed by atoms with Gasteiger partial charge in [-0.1, -0.05) is 38.1 Å². The molecule has 1 aliphatic rings. The van der Waals surface area contributed by atoms with Crippen molar-refractivity contribution in [2.75, 3.05) is 7.05 Å². The molecule has 1 saturated carbocycles. The molecule has 1 amide bonds. The number of sulfonamides is 1. The fraction of sp³-hybridized carbons (Fsp3) is 0.421. The van der Waals surface area contributed by atoms with Crippen LogP contribution in [0.15, 0.2) is 46.1 Å². The highest BCUT2D eigenvalue weighted by Crippen LogP contribution is 2.30. The van der Waals surface area contributed by atoms with E-state index in [9.17, 15) is 13.2 Å². The van der Waals surface area contributed by atoms with Gasteiger partial charge in [0, 0.05) is 18.7 Å². The molecule has 140 valence electrons. The number of carbonyl (C=O) groups is 1. The normalized spacial score (nSPS) is 14.6. The Bertz CT molecular complexity index is 881. The van der Waals surface area contributed by atoms with E-state index in [1.165, 1.54) is 24.9 Å². The molecule has 0 saturated heterocycles. The van der Waals surface area contributed by atoms with E-state index in [-0.39, 0.29) is 22.6 Å². The predicted molar refractivity (Wildman–Crippen MR) is 98.4 cm³/mol. The van der Waals surface area contributed by atoms with Gasteiger partial charge in [-0.05, 0) is 36.9 Å². The second-order valence-electron chi connectivity index (χ2n) is 6.92. The van der Waals surface area contributed by atoms with Crippen molar-refractivity contribution in [2.24, 2.45) is 0 Å². The van der Waals surface area contributed by atoms with Gasteiger partial charge in [0.1, 0.15) is 6.26 Å². The van der Waals surface area contributed by atoms with Crippen LogP contribution in [0.25, 0.3) is 0 Å². The summed E-state index contributed by atoms with van der Waals surface area (Å²) in [7, 11) is -2.40. The fourth-order valence-electron chi connectivity index (χ4n) is 2.79. The van der Waals surface area contributed by atoms with Gasteiger partial charge in [-0.2, -0.15) is 0 Å². The van der Waals surface area contributed by atoms with E-state index in [2.05, 4.69) is 30.7 Å². The van der Waals surface area contributed by atoms with Crippen molar-refractivity contribution >= 4 is 15.9 Å². The minimum absolute atomic E-state index is 0.200. The van der Waals surface area contributed by atoms with Crippen LogP contribution in [-0.2, 0) is 16.6 Å². The Kier molecular flexibility index (Phi) is 5.20. The topological polar surface area (TPSA) is 79.6 Å². The Morgan fingerprint density at radius 2 is 1.92 bits per heavy atom. The van der Waals surface area contributed by atoms with Crippen LogP contribution in [0.4, 0.5) is 0 Å². The van der Waals surface area contributed by atoms with E-state index in [0.29, 0.717) is 12.5 Å². The lowest BCUT2D eigenvalue weighted by atomic mass is 10.0. The molecule has 1 N–H and O–H groups in total. The van der Waals surface area contributed by atoms with Crippen molar-refractivity contribution in [2.45, 2.75) is 50.3 Å². The highest BCUT2D eigenvalue weighted by molar-refractivity contribution is 7.89. The van der Waals surface area contributed by atoms with E-state index in [4.69, 9.17) is 4.42 Å². The maximum Gasteiger partial charge on any atom is 0.273 e. The number of benzene rings is 1. The van der Waals surface area contributed by atoms with Crippen LogP contribution in [0.5, 0.6) is 0 Å². The number of nitrogens with one attached hydrogen (secondary N) is 1. The first-order valence-electron chi connectivity index (χ1n) is 8.73. The lowest BCUT2D eigenvalue weighted by Crippen LogP contribution is -2.32. The first-order valence-corrected chi connectivity index (χ1v) is 10.2. The average Bonchev–Trinajstić information content (AvgIpc) is 3.34. The third kappa shape index (κ3) is 3.99. The summed E-state index contributed by atoms with van der Waals surface area (Å²) < 4.78 is 30.9. The minimum Gasteiger partial charge on any atom is -0.451 e. The molecule has 0 bridgehead atoms. The van der Waals surface area contributed by atoms with Gasteiger partial charge in [0.25, 0.3) is 15.9 Å². The van der Waals surface area contributed by atoms with Crippen LogP contribution >= 0.6 is 0 Å². The Morgan fingerprint density at radius 1 is 1.27 bits per heavy atom. The van der Waals surface area contributed by atoms with Gasteiger partial charge in [-0.25, -0.2) is 13.1 Å². The molecule has 1 fully saturated rings. The number of hydrogen-bond donors (Lipinski definition) is 1. The average molecular weight is 376 g/mol. The van der Waals surface area contributed by atoms with Crippen molar-refractivity contribution in [3.63, 3.8) is 0 Å². The molecule has 0 unspecified atom stereocenters. The first kappa shape index (κ1) is 18.7. The number of hydrogen-bond acceptors (Lipinski definition) is 4. The zero-order chi connectivity index (χ0) is 18.9. The van der Waals surface area contributed by atoms with Gasteiger partial charge in [0.05, 0.1) is 5.56 Å². The second-order valence-corrected chi connectivity index (χ2v) is 8.74. The van der Waals surface area contributed by atoms with Crippen molar-refractivity contribution in [1.29, 1.82) is 0 Å². The molecular formula is C19H24N2O4S. The lowest BCUT2D eigenvalue weighted by molar-refractivity contribution is 0.0729. The summed E-state index contributed by atoms with van der Waals surface area (Å²) in [6.07, 6.45) is 3.15. The summed E-state index contributed by atoms with van der Waals surface area (Å²) >= 11 is 0. The van der Waals surface area contributed by atoms with E-state index in [1.54, 1.807) is 4.90 Å².